The molecule has 2 saturated heterocycles. The molecule has 39 heavy (non-hydrogen) atoms. The number of carbonyl (C=O) groups is 5. The smallest absolute Gasteiger partial charge is 0.352 e. The molecule has 3 amide bonds. The number of nitrogens with zero attached hydrogens (tertiary/aromatic N) is 4. The van der Waals surface area contributed by atoms with Gasteiger partial charge >= 0.3 is 11.9 Å². The maximum absolute atomic E-state index is 13.1. The highest BCUT2D eigenvalue weighted by molar-refractivity contribution is 8.00. The van der Waals surface area contributed by atoms with Crippen molar-refractivity contribution in [3.8, 4) is 0 Å². The SMILES string of the molecule is Nc1nc(C(=NOCC(=O)O)C(=O)N[C@@H]2C(=O)N3C(C(=O)O)=C(C=C4CCCN(C5CC5)C4=O)CS[C@H]23)cs1. The largest absolute Gasteiger partial charge is 0.479 e. The third kappa shape index (κ3) is 5.34. The number of carboxylic acid groups (broad SMARTS) is 2. The predicted molar refractivity (Wildman–Crippen MR) is 138 cm³/mol. The van der Waals surface area contributed by atoms with E-state index in [9.17, 15) is 29.1 Å². The molecule has 14 nitrogen and oxygen atoms in total. The van der Waals surface area contributed by atoms with Crippen molar-refractivity contribution >= 4 is 63.6 Å². The molecule has 0 aromatic carbocycles. The van der Waals surface area contributed by atoms with Gasteiger partial charge in [0.25, 0.3) is 11.8 Å². The second kappa shape index (κ2) is 10.7. The second-order valence-electron chi connectivity index (χ2n) is 9.22. The van der Waals surface area contributed by atoms with Crippen LogP contribution in [0.4, 0.5) is 5.13 Å². The Labute approximate surface area is 229 Å². The number of allylic oxidation sites excluding steroid dienone is 1. The number of anilines is 1. The Hall–Kier alpha value is -3.92. The summed E-state index contributed by atoms with van der Waals surface area (Å²) in [5.41, 5.74) is 5.95. The second-order valence-corrected chi connectivity index (χ2v) is 11.2. The number of piperidine rings is 1. The minimum Gasteiger partial charge on any atom is -0.479 e. The average molecular weight is 577 g/mol. The molecule has 0 radical (unpaired) electrons. The zero-order chi connectivity index (χ0) is 27.8. The van der Waals surface area contributed by atoms with Gasteiger partial charge in [0.05, 0.1) is 0 Å². The molecule has 5 N–H and O–H groups in total. The number of rotatable bonds is 9. The van der Waals surface area contributed by atoms with Crippen LogP contribution in [0.15, 0.2) is 33.5 Å². The summed E-state index contributed by atoms with van der Waals surface area (Å²) in [6, 6.07) is -0.822. The monoisotopic (exact) mass is 576 g/mol. The molecule has 0 spiro atoms. The summed E-state index contributed by atoms with van der Waals surface area (Å²) in [5.74, 6) is -4.01. The number of aliphatic carboxylic acids is 2. The molecule has 1 aromatic heterocycles. The van der Waals surface area contributed by atoms with Crippen molar-refractivity contribution in [3.05, 3.63) is 34.0 Å². The highest BCUT2D eigenvalue weighted by Crippen LogP contribution is 2.41. The number of carbonyl (C=O) groups excluding carboxylic acids is 3. The lowest BCUT2D eigenvalue weighted by Crippen LogP contribution is -2.71. The molecule has 4 heterocycles. The number of β-lactam (4-membered cyclic amide) rings is 1. The number of nitrogens with one attached hydrogen (secondary N) is 1. The molecule has 16 heteroatoms. The molecule has 5 rings (SSSR count). The minimum atomic E-state index is -1.31. The number of thiazole rings is 1. The van der Waals surface area contributed by atoms with E-state index in [2.05, 4.69) is 15.5 Å². The predicted octanol–water partition coefficient (Wildman–Crippen LogP) is -0.0196. The van der Waals surface area contributed by atoms with Crippen molar-refractivity contribution in [2.45, 2.75) is 43.1 Å². The summed E-state index contributed by atoms with van der Waals surface area (Å²) in [6.45, 7) is -0.119. The Bertz CT molecular complexity index is 1350. The van der Waals surface area contributed by atoms with Crippen LogP contribution >= 0.6 is 23.1 Å². The lowest BCUT2D eigenvalue weighted by molar-refractivity contribution is -0.150. The fraction of sp³-hybridized carbons (Fsp3) is 0.435. The Morgan fingerprint density at radius 2 is 2.05 bits per heavy atom. The molecule has 0 bridgehead atoms. The van der Waals surface area contributed by atoms with Crippen molar-refractivity contribution in [1.29, 1.82) is 0 Å². The Kier molecular flexibility index (Phi) is 7.31. The molecule has 2 atom stereocenters. The lowest BCUT2D eigenvalue weighted by Gasteiger charge is -2.49. The molecule has 1 saturated carbocycles. The van der Waals surface area contributed by atoms with E-state index in [1.54, 1.807) is 6.08 Å². The molecule has 206 valence electrons. The van der Waals surface area contributed by atoms with Crippen LogP contribution in [0.3, 0.4) is 0 Å². The molecule has 0 unspecified atom stereocenters. The van der Waals surface area contributed by atoms with Crippen LogP contribution in [-0.2, 0) is 28.8 Å². The number of aromatic nitrogens is 1. The zero-order valence-corrected chi connectivity index (χ0v) is 22.0. The summed E-state index contributed by atoms with van der Waals surface area (Å²) in [6.07, 6.45) is 4.87. The zero-order valence-electron chi connectivity index (χ0n) is 20.4. The number of carboxylic acids is 2. The van der Waals surface area contributed by atoms with Gasteiger partial charge in [0.1, 0.15) is 22.8 Å². The van der Waals surface area contributed by atoms with Gasteiger partial charge in [-0.05, 0) is 37.3 Å². The fourth-order valence-electron chi connectivity index (χ4n) is 4.63. The number of likely N-dealkylation sites (tertiary alicyclic amines) is 1. The maximum Gasteiger partial charge on any atom is 0.352 e. The first-order valence-corrected chi connectivity index (χ1v) is 13.9. The van der Waals surface area contributed by atoms with Crippen LogP contribution < -0.4 is 11.1 Å². The van der Waals surface area contributed by atoms with E-state index >= 15 is 0 Å². The number of hydrogen-bond donors (Lipinski definition) is 4. The molecule has 1 aliphatic carbocycles. The van der Waals surface area contributed by atoms with E-state index in [0.29, 0.717) is 24.1 Å². The quantitative estimate of drug-likeness (QED) is 0.133. The number of thioether (sulfide) groups is 1. The number of amides is 3. The third-order valence-electron chi connectivity index (χ3n) is 6.53. The van der Waals surface area contributed by atoms with Crippen LogP contribution in [0, 0.1) is 0 Å². The molecule has 3 aliphatic heterocycles. The van der Waals surface area contributed by atoms with Gasteiger partial charge < -0.3 is 31.0 Å². The van der Waals surface area contributed by atoms with Gasteiger partial charge in [0, 0.05) is 29.3 Å². The number of fused-ring (bicyclic) bond motifs is 1. The van der Waals surface area contributed by atoms with Crippen molar-refractivity contribution < 1.29 is 39.0 Å². The van der Waals surface area contributed by atoms with Gasteiger partial charge in [0.2, 0.25) is 12.5 Å². The van der Waals surface area contributed by atoms with E-state index in [4.69, 9.17) is 15.7 Å². The average Bonchev–Trinajstić information content (AvgIpc) is 3.65. The number of hydrogen-bond acceptors (Lipinski definition) is 11. The van der Waals surface area contributed by atoms with Gasteiger partial charge in [-0.15, -0.1) is 23.1 Å². The van der Waals surface area contributed by atoms with E-state index in [1.807, 2.05) is 4.90 Å². The third-order valence-corrected chi connectivity index (χ3v) is 8.50. The number of oxime groups is 1. The normalized spacial score (nSPS) is 24.4. The minimum absolute atomic E-state index is 0.0257. The number of nitrogen functional groups attached to an aromatic ring is 1. The molecule has 4 aliphatic rings. The molecular formula is C23H24N6O8S2. The van der Waals surface area contributed by atoms with Gasteiger partial charge in [-0.1, -0.05) is 5.16 Å². The van der Waals surface area contributed by atoms with E-state index < -0.39 is 41.8 Å². The summed E-state index contributed by atoms with van der Waals surface area (Å²) in [5, 5.41) is 25.7. The van der Waals surface area contributed by atoms with Crippen LogP contribution in [-0.4, -0.2) is 96.7 Å². The standard InChI is InChI=1S/C23H24N6O8S2/c24-23-25-13(9-39-23)15(27-37-7-14(30)31)18(32)26-16-20(34)29-17(22(35)36)11(8-38-21(16)29)6-10-2-1-5-28(19(10)33)12-3-4-12/h6,9,12,16,21H,1-5,7-8H2,(H2,24,25)(H,26,32)(H,30,31)(H,35,36)/t16-,21-/m1/s1. The Morgan fingerprint density at radius 1 is 1.28 bits per heavy atom. The highest BCUT2D eigenvalue weighted by atomic mass is 32.2. The summed E-state index contributed by atoms with van der Waals surface area (Å²) in [4.78, 5) is 73.7. The molecule has 3 fully saturated rings. The van der Waals surface area contributed by atoms with Crippen molar-refractivity contribution in [2.75, 3.05) is 24.6 Å². The summed E-state index contributed by atoms with van der Waals surface area (Å²) < 4.78 is 0. The van der Waals surface area contributed by atoms with E-state index in [0.717, 1.165) is 35.5 Å². The lowest BCUT2D eigenvalue weighted by atomic mass is 9.98. The van der Waals surface area contributed by atoms with E-state index in [1.165, 1.54) is 17.1 Å². The van der Waals surface area contributed by atoms with Gasteiger partial charge in [-0.2, -0.15) is 0 Å². The van der Waals surface area contributed by atoms with Gasteiger partial charge in [-0.3, -0.25) is 19.3 Å². The maximum atomic E-state index is 13.1. The first kappa shape index (κ1) is 26.7. The van der Waals surface area contributed by atoms with Crippen molar-refractivity contribution in [2.24, 2.45) is 5.16 Å². The van der Waals surface area contributed by atoms with Gasteiger partial charge in [-0.25, -0.2) is 14.6 Å². The van der Waals surface area contributed by atoms with Gasteiger partial charge in [0.15, 0.2) is 10.8 Å². The van der Waals surface area contributed by atoms with E-state index in [-0.39, 0.29) is 39.9 Å². The van der Waals surface area contributed by atoms with Crippen LogP contribution in [0.2, 0.25) is 0 Å². The van der Waals surface area contributed by atoms with Crippen LogP contribution in [0.5, 0.6) is 0 Å². The van der Waals surface area contributed by atoms with Crippen molar-refractivity contribution in [1.82, 2.24) is 20.1 Å². The van der Waals surface area contributed by atoms with Crippen molar-refractivity contribution in [3.63, 3.8) is 0 Å². The Balaban J connectivity index is 1.34. The molecular weight excluding hydrogens is 552 g/mol. The fourth-order valence-corrected chi connectivity index (χ4v) is 6.48. The topological polar surface area (TPSA) is 205 Å². The number of nitrogens with two attached hydrogens (primary N) is 1. The highest BCUT2D eigenvalue weighted by Gasteiger charge is 2.54. The first-order chi connectivity index (χ1) is 18.7. The Morgan fingerprint density at radius 3 is 2.69 bits per heavy atom. The van der Waals surface area contributed by atoms with Crippen LogP contribution in [0.25, 0.3) is 0 Å². The summed E-state index contributed by atoms with van der Waals surface area (Å²) in [7, 11) is 0. The summed E-state index contributed by atoms with van der Waals surface area (Å²) >= 11 is 2.28. The van der Waals surface area contributed by atoms with Crippen LogP contribution in [0.1, 0.15) is 31.4 Å². The first-order valence-electron chi connectivity index (χ1n) is 12.0. The molecule has 1 aromatic rings.